The van der Waals surface area contributed by atoms with Gasteiger partial charge < -0.3 is 19.1 Å². The second-order valence-electron chi connectivity index (χ2n) is 4.73. The topological polar surface area (TPSA) is 108 Å². The third-order valence-corrected chi connectivity index (χ3v) is 3.34. The lowest BCUT2D eigenvalue weighted by Crippen LogP contribution is -2.39. The molecule has 0 unspecified atom stereocenters. The summed E-state index contributed by atoms with van der Waals surface area (Å²) in [4.78, 5) is 35.0. The highest BCUT2D eigenvalue weighted by Crippen LogP contribution is 2.35. The van der Waals surface area contributed by atoms with Crippen molar-refractivity contribution in [2.45, 2.75) is 0 Å². The maximum atomic E-state index is 13.6. The van der Waals surface area contributed by atoms with E-state index in [0.29, 0.717) is 12.1 Å². The number of carbonyl (C=O) groups is 2. The van der Waals surface area contributed by atoms with E-state index in [9.17, 15) is 28.5 Å². The first-order chi connectivity index (χ1) is 11.8. The van der Waals surface area contributed by atoms with Crippen molar-refractivity contribution < 1.29 is 37.5 Å². The minimum Gasteiger partial charge on any atom is -0.466 e. The first-order valence-corrected chi connectivity index (χ1v) is 6.70. The molecule has 1 aliphatic heterocycles. The van der Waals surface area contributed by atoms with Crippen LogP contribution in [0.4, 0.5) is 20.2 Å². The van der Waals surface area contributed by atoms with Crippen molar-refractivity contribution in [3.05, 3.63) is 45.2 Å². The quantitative estimate of drug-likeness (QED) is 0.450. The molecule has 0 N–H and O–H groups in total. The van der Waals surface area contributed by atoms with Crippen LogP contribution in [0.5, 0.6) is 0 Å². The smallest absolute Gasteiger partial charge is 0.355 e. The summed E-state index contributed by atoms with van der Waals surface area (Å²) in [6, 6.07) is 0.895. The highest BCUT2D eigenvalue weighted by molar-refractivity contribution is 6.03. The second kappa shape index (κ2) is 7.21. The van der Waals surface area contributed by atoms with Gasteiger partial charge in [-0.2, -0.15) is 0 Å². The molecule has 2 rings (SSSR count). The predicted molar refractivity (Wildman–Crippen MR) is 77.4 cm³/mol. The first kappa shape index (κ1) is 18.3. The standard InChI is InChI=1S/C14H12F2N2O7/c1-23-13(19)7-5-25-6-17(12(7)14(20)24-2)10-3-8(15)9(16)4-11(10)18(21)22/h3-4H,5-6H2,1-2H3. The molecule has 1 heterocycles. The van der Waals surface area contributed by atoms with Gasteiger partial charge in [0.15, 0.2) is 11.6 Å². The predicted octanol–water partition coefficient (Wildman–Crippen LogP) is 1.27. The van der Waals surface area contributed by atoms with Gasteiger partial charge in [-0.3, -0.25) is 10.1 Å². The van der Waals surface area contributed by atoms with Crippen LogP contribution in [0.3, 0.4) is 0 Å². The highest BCUT2D eigenvalue weighted by atomic mass is 19.2. The summed E-state index contributed by atoms with van der Waals surface area (Å²) in [5, 5.41) is 11.2. The van der Waals surface area contributed by atoms with Crippen LogP contribution < -0.4 is 4.90 Å². The monoisotopic (exact) mass is 358 g/mol. The Hall–Kier alpha value is -3.08. The summed E-state index contributed by atoms with van der Waals surface area (Å²) in [7, 11) is 2.08. The lowest BCUT2D eigenvalue weighted by atomic mass is 10.1. The number of ether oxygens (including phenoxy) is 3. The Balaban J connectivity index is 2.72. The van der Waals surface area contributed by atoms with Crippen LogP contribution in [0.1, 0.15) is 0 Å². The van der Waals surface area contributed by atoms with Gasteiger partial charge in [0.1, 0.15) is 18.1 Å². The molecule has 0 radical (unpaired) electrons. The summed E-state index contributed by atoms with van der Waals surface area (Å²) in [6.07, 6.45) is 0. The molecular weight excluding hydrogens is 346 g/mol. The van der Waals surface area contributed by atoms with Crippen LogP contribution >= 0.6 is 0 Å². The minimum atomic E-state index is -1.44. The summed E-state index contributed by atoms with van der Waals surface area (Å²) < 4.78 is 41.2. The maximum Gasteiger partial charge on any atom is 0.355 e. The van der Waals surface area contributed by atoms with Crippen LogP contribution in [0.2, 0.25) is 0 Å². The van der Waals surface area contributed by atoms with Crippen molar-refractivity contribution >= 4 is 23.3 Å². The van der Waals surface area contributed by atoms with Gasteiger partial charge in [0, 0.05) is 6.07 Å². The zero-order valence-corrected chi connectivity index (χ0v) is 13.1. The second-order valence-corrected chi connectivity index (χ2v) is 4.73. The van der Waals surface area contributed by atoms with Gasteiger partial charge in [-0.15, -0.1) is 0 Å². The average Bonchev–Trinajstić information content (AvgIpc) is 2.61. The molecule has 1 aromatic carbocycles. The van der Waals surface area contributed by atoms with Crippen molar-refractivity contribution in [2.24, 2.45) is 0 Å². The number of methoxy groups -OCH3 is 2. The molecule has 0 spiro atoms. The molecular formula is C14H12F2N2O7. The Labute approximate surface area is 139 Å². The number of anilines is 1. The summed E-state index contributed by atoms with van der Waals surface area (Å²) >= 11 is 0. The highest BCUT2D eigenvalue weighted by Gasteiger charge is 2.36. The van der Waals surface area contributed by atoms with Gasteiger partial charge in [0.25, 0.3) is 5.69 Å². The summed E-state index contributed by atoms with van der Waals surface area (Å²) in [5.74, 6) is -4.78. The molecule has 0 aliphatic carbocycles. The molecule has 0 saturated carbocycles. The Morgan fingerprint density at radius 1 is 1.20 bits per heavy atom. The van der Waals surface area contributed by atoms with E-state index in [4.69, 9.17) is 4.74 Å². The number of halogens is 2. The number of esters is 2. The molecule has 0 fully saturated rings. The van der Waals surface area contributed by atoms with E-state index in [1.54, 1.807) is 0 Å². The van der Waals surface area contributed by atoms with Gasteiger partial charge in [0.05, 0.1) is 37.4 Å². The average molecular weight is 358 g/mol. The molecule has 0 atom stereocenters. The Kier molecular flexibility index (Phi) is 5.27. The summed E-state index contributed by atoms with van der Waals surface area (Å²) in [6.45, 7) is -0.762. The number of hydrogen-bond acceptors (Lipinski definition) is 8. The fourth-order valence-corrected chi connectivity index (χ4v) is 2.22. The lowest BCUT2D eigenvalue weighted by Gasteiger charge is -2.30. The van der Waals surface area contributed by atoms with E-state index in [-0.39, 0.29) is 12.2 Å². The van der Waals surface area contributed by atoms with Gasteiger partial charge in [-0.1, -0.05) is 0 Å². The molecule has 9 nitrogen and oxygen atoms in total. The first-order valence-electron chi connectivity index (χ1n) is 6.70. The number of rotatable bonds is 4. The summed E-state index contributed by atoms with van der Waals surface area (Å²) in [5.41, 5.74) is -2.00. The normalized spacial score (nSPS) is 14.3. The Bertz CT molecular complexity index is 779. The fraction of sp³-hybridized carbons (Fsp3) is 0.286. The third kappa shape index (κ3) is 3.40. The Morgan fingerprint density at radius 2 is 1.80 bits per heavy atom. The number of nitrogens with zero attached hydrogens (tertiary/aromatic N) is 2. The minimum absolute atomic E-state index is 0.278. The molecule has 11 heteroatoms. The molecule has 0 aromatic heterocycles. The van der Waals surface area contributed by atoms with E-state index >= 15 is 0 Å². The SMILES string of the molecule is COC(=O)C1=C(C(=O)OC)N(c2cc(F)c(F)cc2[N+](=O)[O-])COC1. The molecule has 1 aliphatic rings. The van der Waals surface area contributed by atoms with E-state index in [2.05, 4.69) is 9.47 Å². The number of nitro groups is 1. The lowest BCUT2D eigenvalue weighted by molar-refractivity contribution is -0.384. The number of hydrogen-bond donors (Lipinski definition) is 0. The zero-order chi connectivity index (χ0) is 18.7. The fourth-order valence-electron chi connectivity index (χ4n) is 2.22. The van der Waals surface area contributed by atoms with Crippen molar-refractivity contribution in [1.29, 1.82) is 0 Å². The zero-order valence-electron chi connectivity index (χ0n) is 13.1. The van der Waals surface area contributed by atoms with Crippen molar-refractivity contribution in [2.75, 3.05) is 32.5 Å². The van der Waals surface area contributed by atoms with E-state index in [1.165, 1.54) is 0 Å². The molecule has 134 valence electrons. The number of benzene rings is 1. The van der Waals surface area contributed by atoms with Crippen LogP contribution in [-0.2, 0) is 23.8 Å². The van der Waals surface area contributed by atoms with Crippen LogP contribution in [0.25, 0.3) is 0 Å². The molecule has 0 bridgehead atoms. The van der Waals surface area contributed by atoms with E-state index in [1.807, 2.05) is 0 Å². The van der Waals surface area contributed by atoms with Crippen LogP contribution in [0.15, 0.2) is 23.4 Å². The molecule has 25 heavy (non-hydrogen) atoms. The maximum absolute atomic E-state index is 13.6. The van der Waals surface area contributed by atoms with Crippen LogP contribution in [-0.4, -0.2) is 44.4 Å². The number of carbonyl (C=O) groups excluding carboxylic acids is 2. The van der Waals surface area contributed by atoms with Gasteiger partial charge >= 0.3 is 11.9 Å². The van der Waals surface area contributed by atoms with Gasteiger partial charge in [-0.05, 0) is 0 Å². The third-order valence-electron chi connectivity index (χ3n) is 3.34. The van der Waals surface area contributed by atoms with Crippen LogP contribution in [0, 0.1) is 21.7 Å². The van der Waals surface area contributed by atoms with Gasteiger partial charge in [-0.25, -0.2) is 18.4 Å². The van der Waals surface area contributed by atoms with Crippen molar-refractivity contribution in [3.8, 4) is 0 Å². The van der Waals surface area contributed by atoms with E-state index < -0.39 is 52.3 Å². The van der Waals surface area contributed by atoms with E-state index in [0.717, 1.165) is 19.1 Å². The van der Waals surface area contributed by atoms with Crippen molar-refractivity contribution in [3.63, 3.8) is 0 Å². The molecule has 0 saturated heterocycles. The number of nitro benzene ring substituents is 1. The largest absolute Gasteiger partial charge is 0.466 e. The molecule has 0 amide bonds. The Morgan fingerprint density at radius 3 is 2.36 bits per heavy atom. The molecule has 1 aromatic rings. The van der Waals surface area contributed by atoms with Gasteiger partial charge in [0.2, 0.25) is 0 Å². The van der Waals surface area contributed by atoms with Crippen molar-refractivity contribution in [1.82, 2.24) is 0 Å².